The van der Waals surface area contributed by atoms with E-state index in [1.54, 1.807) is 6.92 Å². The minimum absolute atomic E-state index is 0.0924. The van der Waals surface area contributed by atoms with Crippen molar-refractivity contribution in [3.05, 3.63) is 0 Å². The van der Waals surface area contributed by atoms with Crippen LogP contribution in [0, 0.1) is 39.4 Å². The highest BCUT2D eigenvalue weighted by molar-refractivity contribution is 6.44. The summed E-state index contributed by atoms with van der Waals surface area (Å²) in [6.45, 7) is 5.73. The Morgan fingerprint density at radius 3 is 2.33 bits per heavy atom. The summed E-state index contributed by atoms with van der Waals surface area (Å²) in [7, 11) is 1.25. The van der Waals surface area contributed by atoms with Crippen LogP contribution in [-0.2, 0) is 29.3 Å². The summed E-state index contributed by atoms with van der Waals surface area (Å²) in [6.07, 6.45) is 3.96. The quantitative estimate of drug-likeness (QED) is 0.320. The zero-order chi connectivity index (χ0) is 19.6. The van der Waals surface area contributed by atoms with Crippen molar-refractivity contribution in [2.75, 3.05) is 7.11 Å². The molecule has 6 rings (SSSR count). The van der Waals surface area contributed by atoms with Crippen molar-refractivity contribution in [3.63, 3.8) is 0 Å². The molecule has 0 heterocycles. The van der Waals surface area contributed by atoms with Crippen LogP contribution in [0.15, 0.2) is 0 Å². The van der Waals surface area contributed by atoms with Gasteiger partial charge in [0.15, 0.2) is 5.60 Å². The van der Waals surface area contributed by atoms with E-state index in [0.717, 1.165) is 19.3 Å². The number of ketones is 2. The van der Waals surface area contributed by atoms with Gasteiger partial charge in [0.05, 0.1) is 7.11 Å². The lowest BCUT2D eigenvalue weighted by Gasteiger charge is -2.66. The van der Waals surface area contributed by atoms with Crippen LogP contribution in [0.5, 0.6) is 0 Å². The predicted octanol–water partition coefficient (Wildman–Crippen LogP) is 2.66. The highest BCUT2D eigenvalue weighted by Gasteiger charge is 2.87. The van der Waals surface area contributed by atoms with E-state index >= 15 is 0 Å². The van der Waals surface area contributed by atoms with E-state index in [1.807, 2.05) is 6.92 Å². The molecule has 0 aliphatic heterocycles. The van der Waals surface area contributed by atoms with Gasteiger partial charge in [-0.25, -0.2) is 0 Å². The molecule has 0 aromatic carbocycles. The molecule has 1 radical (unpaired) electrons. The van der Waals surface area contributed by atoms with Crippen LogP contribution in [0.25, 0.3) is 0 Å². The molecule has 1 unspecified atom stereocenters. The Hall–Kier alpha value is -1.27. The molecule has 0 aromatic rings. The first-order chi connectivity index (χ1) is 12.6. The Labute approximate surface area is 158 Å². The van der Waals surface area contributed by atoms with Crippen molar-refractivity contribution >= 4 is 17.5 Å². The monoisotopic (exact) mass is 375 g/mol. The number of hydrogen-bond donors (Lipinski definition) is 0. The van der Waals surface area contributed by atoms with Gasteiger partial charge in [-0.3, -0.25) is 14.4 Å². The topological polar surface area (TPSA) is 89.6 Å². The number of Topliss-reactive ketones (excluding diaryl/α,β-unsaturated/α-hetero) is 2. The third kappa shape index (κ3) is 1.49. The van der Waals surface area contributed by atoms with Crippen LogP contribution in [0.3, 0.4) is 0 Å². The first-order valence-electron chi connectivity index (χ1n) is 10.1. The SMILES string of the molecule is COC(=O)[C@]1(C)CCC[C@@]2(C)[C@@H]3C[C@@H]4C5C[C@]3(C[C@@]54C)C(=O)C(=O)[C@]12O[O]. The summed E-state index contributed by atoms with van der Waals surface area (Å²) in [5.74, 6) is -0.912. The first-order valence-corrected chi connectivity index (χ1v) is 10.1. The van der Waals surface area contributed by atoms with Crippen LogP contribution < -0.4 is 0 Å². The van der Waals surface area contributed by atoms with Gasteiger partial charge < -0.3 is 4.74 Å². The minimum Gasteiger partial charge on any atom is -0.469 e. The molecule has 27 heavy (non-hydrogen) atoms. The van der Waals surface area contributed by atoms with Crippen molar-refractivity contribution < 1.29 is 29.3 Å². The normalized spacial score (nSPS) is 57.7. The fourth-order valence-electron chi connectivity index (χ4n) is 8.73. The summed E-state index contributed by atoms with van der Waals surface area (Å²) in [5.41, 5.74) is -4.77. The maximum atomic E-state index is 13.6. The fraction of sp³-hybridized carbons (Fsp3) is 0.857. The van der Waals surface area contributed by atoms with E-state index < -0.39 is 39.4 Å². The summed E-state index contributed by atoms with van der Waals surface area (Å²) in [6, 6.07) is 0. The number of ether oxygens (including phenoxy) is 1. The molecule has 6 nitrogen and oxygen atoms in total. The van der Waals surface area contributed by atoms with E-state index in [-0.39, 0.29) is 11.3 Å². The number of hydrogen-bond acceptors (Lipinski definition) is 5. The van der Waals surface area contributed by atoms with Crippen LogP contribution in [-0.4, -0.2) is 30.2 Å². The molecule has 1 spiro atoms. The second-order valence-electron chi connectivity index (χ2n) is 10.6. The molecule has 0 amide bonds. The lowest BCUT2D eigenvalue weighted by molar-refractivity contribution is -0.420. The van der Waals surface area contributed by atoms with Gasteiger partial charge in [0.25, 0.3) is 0 Å². The zero-order valence-corrected chi connectivity index (χ0v) is 16.4. The summed E-state index contributed by atoms with van der Waals surface area (Å²) < 4.78 is 4.99. The number of rotatable bonds is 2. The third-order valence-electron chi connectivity index (χ3n) is 9.97. The highest BCUT2D eigenvalue weighted by Crippen LogP contribution is 2.85. The molecule has 6 heteroatoms. The number of methoxy groups -OCH3 is 1. The van der Waals surface area contributed by atoms with Gasteiger partial charge in [-0.2, -0.15) is 4.89 Å². The Kier molecular flexibility index (Phi) is 3.07. The third-order valence-corrected chi connectivity index (χ3v) is 9.97. The fourth-order valence-corrected chi connectivity index (χ4v) is 8.73. The molecule has 0 saturated heterocycles. The van der Waals surface area contributed by atoms with Gasteiger partial charge in [-0.05, 0) is 67.5 Å². The van der Waals surface area contributed by atoms with E-state index in [9.17, 15) is 19.6 Å². The maximum absolute atomic E-state index is 13.6. The average molecular weight is 375 g/mol. The molecular formula is C21H27O6. The summed E-state index contributed by atoms with van der Waals surface area (Å²) >= 11 is 0. The molecule has 0 aromatic heterocycles. The molecule has 8 atom stereocenters. The van der Waals surface area contributed by atoms with Crippen molar-refractivity contribution in [1.29, 1.82) is 0 Å². The molecule has 0 N–H and O–H groups in total. The van der Waals surface area contributed by atoms with E-state index in [1.165, 1.54) is 7.11 Å². The number of fused-ring (bicyclic) bond motifs is 1. The maximum Gasteiger partial charge on any atom is 0.315 e. The van der Waals surface area contributed by atoms with Crippen LogP contribution in [0.4, 0.5) is 0 Å². The minimum atomic E-state index is -1.98. The number of carbonyl (C=O) groups excluding carboxylic acids is 3. The lowest BCUT2D eigenvalue weighted by Crippen LogP contribution is -2.78. The number of carbonyl (C=O) groups is 3. The number of esters is 1. The molecule has 6 aliphatic rings. The van der Waals surface area contributed by atoms with Gasteiger partial charge in [0.2, 0.25) is 11.6 Å². The Bertz CT molecular complexity index is 792. The lowest BCUT2D eigenvalue weighted by atomic mass is 9.37. The predicted molar refractivity (Wildman–Crippen MR) is 91.5 cm³/mol. The van der Waals surface area contributed by atoms with Gasteiger partial charge in [-0.1, -0.05) is 20.3 Å². The van der Waals surface area contributed by atoms with Crippen molar-refractivity contribution in [1.82, 2.24) is 0 Å². The van der Waals surface area contributed by atoms with Crippen LogP contribution in [0.2, 0.25) is 0 Å². The molecular weight excluding hydrogens is 348 g/mol. The van der Waals surface area contributed by atoms with E-state index in [2.05, 4.69) is 6.92 Å². The standard InChI is InChI=1S/C21H27O6/c1-17-10-20-9-12(17)11(17)8-13(20)18(2)6-5-7-19(3,16(24)26-4)21(18,27-25)15(23)14(20)22/h11-13H,5-10H2,1-4H3/t11-,12?,13+,17-,18+,19+,20-,21-/m1/s1. The molecule has 6 aliphatic carbocycles. The van der Waals surface area contributed by atoms with Crippen LogP contribution in [0.1, 0.15) is 59.3 Å². The Morgan fingerprint density at radius 2 is 1.78 bits per heavy atom. The van der Waals surface area contributed by atoms with E-state index in [0.29, 0.717) is 31.1 Å². The van der Waals surface area contributed by atoms with Crippen molar-refractivity contribution in [2.24, 2.45) is 39.4 Å². The van der Waals surface area contributed by atoms with Crippen LogP contribution >= 0.6 is 0 Å². The Morgan fingerprint density at radius 1 is 1.07 bits per heavy atom. The van der Waals surface area contributed by atoms with Gasteiger partial charge in [-0.15, -0.1) is 0 Å². The van der Waals surface area contributed by atoms with E-state index in [4.69, 9.17) is 9.62 Å². The zero-order valence-electron chi connectivity index (χ0n) is 16.4. The van der Waals surface area contributed by atoms with Gasteiger partial charge in [0, 0.05) is 10.8 Å². The van der Waals surface area contributed by atoms with Crippen molar-refractivity contribution in [3.8, 4) is 0 Å². The van der Waals surface area contributed by atoms with Crippen molar-refractivity contribution in [2.45, 2.75) is 64.9 Å². The Balaban J connectivity index is 1.73. The molecule has 6 saturated carbocycles. The largest absolute Gasteiger partial charge is 0.469 e. The molecule has 147 valence electrons. The second kappa shape index (κ2) is 4.65. The van der Waals surface area contributed by atoms with Gasteiger partial charge >= 0.3 is 5.97 Å². The summed E-state index contributed by atoms with van der Waals surface area (Å²) in [4.78, 5) is 44.7. The molecule has 4 bridgehead atoms. The first kappa shape index (κ1) is 17.8. The van der Waals surface area contributed by atoms with Gasteiger partial charge in [0.1, 0.15) is 5.41 Å². The average Bonchev–Trinajstić information content (AvgIpc) is 3.09. The highest BCUT2D eigenvalue weighted by atomic mass is 17.1. The summed E-state index contributed by atoms with van der Waals surface area (Å²) in [5, 5.41) is 12.3. The smallest absolute Gasteiger partial charge is 0.315 e. The second-order valence-corrected chi connectivity index (χ2v) is 10.6. The molecule has 6 fully saturated rings.